The van der Waals surface area contributed by atoms with Gasteiger partial charge in [0.2, 0.25) is 0 Å². The van der Waals surface area contributed by atoms with E-state index >= 15 is 0 Å². The number of aromatic amines is 1. The van der Waals surface area contributed by atoms with Gasteiger partial charge in [0, 0.05) is 25.9 Å². The van der Waals surface area contributed by atoms with Crippen LogP contribution in [0.2, 0.25) is 0 Å². The number of hydrogen-bond donors (Lipinski definition) is 3. The zero-order chi connectivity index (χ0) is 12.4. The second-order valence-electron chi connectivity index (χ2n) is 4.70. The van der Waals surface area contributed by atoms with Crippen LogP contribution in [0.3, 0.4) is 0 Å². The largest absolute Gasteiger partial charge is 0.508 e. The molecule has 0 spiro atoms. The molecule has 3 rings (SSSR count). The van der Waals surface area contributed by atoms with Gasteiger partial charge in [0.15, 0.2) is 0 Å². The van der Waals surface area contributed by atoms with Gasteiger partial charge in [-0.2, -0.15) is 0 Å². The normalized spacial score (nSPS) is 14.4. The predicted molar refractivity (Wildman–Crippen MR) is 69.5 cm³/mol. The maximum absolute atomic E-state index is 9.23. The third-order valence-electron chi connectivity index (χ3n) is 3.34. The van der Waals surface area contributed by atoms with Crippen molar-refractivity contribution in [1.29, 1.82) is 0 Å². The molecule has 1 aliphatic rings. The van der Waals surface area contributed by atoms with Crippen molar-refractivity contribution in [3.05, 3.63) is 47.0 Å². The predicted octanol–water partition coefficient (Wildman–Crippen LogP) is 1.55. The summed E-state index contributed by atoms with van der Waals surface area (Å²) in [5.41, 5.74) is 3.68. The quantitative estimate of drug-likeness (QED) is 0.766. The molecule has 0 saturated heterocycles. The van der Waals surface area contributed by atoms with E-state index in [4.69, 9.17) is 0 Å². The molecule has 0 bridgehead atoms. The van der Waals surface area contributed by atoms with Crippen LogP contribution in [0.25, 0.3) is 0 Å². The van der Waals surface area contributed by atoms with Crippen molar-refractivity contribution >= 4 is 0 Å². The molecule has 0 radical (unpaired) electrons. The molecule has 2 heterocycles. The van der Waals surface area contributed by atoms with Crippen LogP contribution < -0.4 is 5.32 Å². The van der Waals surface area contributed by atoms with Crippen molar-refractivity contribution in [3.8, 4) is 5.75 Å². The maximum atomic E-state index is 9.23. The average Bonchev–Trinajstić information content (AvgIpc) is 2.81. The van der Waals surface area contributed by atoms with Gasteiger partial charge in [-0.1, -0.05) is 12.1 Å². The zero-order valence-corrected chi connectivity index (χ0v) is 10.2. The molecule has 3 N–H and O–H groups in total. The molecular formula is C14H17N3O. The summed E-state index contributed by atoms with van der Waals surface area (Å²) >= 11 is 0. The number of aryl methyl sites for hydroxylation is 2. The van der Waals surface area contributed by atoms with E-state index in [1.807, 2.05) is 12.1 Å². The van der Waals surface area contributed by atoms with Gasteiger partial charge in [0.25, 0.3) is 0 Å². The molecule has 94 valence electrons. The number of nitrogens with zero attached hydrogens (tertiary/aromatic N) is 1. The minimum Gasteiger partial charge on any atom is -0.508 e. The fourth-order valence-electron chi connectivity index (χ4n) is 2.32. The van der Waals surface area contributed by atoms with Gasteiger partial charge in [-0.25, -0.2) is 4.98 Å². The summed E-state index contributed by atoms with van der Waals surface area (Å²) in [5, 5.41) is 12.6. The molecule has 1 aromatic heterocycles. The fourth-order valence-corrected chi connectivity index (χ4v) is 2.32. The first-order valence-electron chi connectivity index (χ1n) is 6.36. The Morgan fingerprint density at radius 2 is 2.00 bits per heavy atom. The topological polar surface area (TPSA) is 60.9 Å². The first-order chi connectivity index (χ1) is 8.81. The lowest BCUT2D eigenvalue weighted by Crippen LogP contribution is -2.23. The van der Waals surface area contributed by atoms with E-state index in [2.05, 4.69) is 15.3 Å². The summed E-state index contributed by atoms with van der Waals surface area (Å²) in [6.45, 7) is 1.93. The Morgan fingerprint density at radius 3 is 2.78 bits per heavy atom. The highest BCUT2D eigenvalue weighted by atomic mass is 16.3. The van der Waals surface area contributed by atoms with Gasteiger partial charge in [0.1, 0.15) is 11.6 Å². The first kappa shape index (κ1) is 11.3. The van der Waals surface area contributed by atoms with Gasteiger partial charge in [-0.15, -0.1) is 0 Å². The molecule has 1 aromatic carbocycles. The number of phenols is 1. The Bertz CT molecular complexity index is 507. The highest BCUT2D eigenvalue weighted by molar-refractivity contribution is 5.26. The van der Waals surface area contributed by atoms with Crippen LogP contribution in [0.15, 0.2) is 24.3 Å². The van der Waals surface area contributed by atoms with Crippen molar-refractivity contribution < 1.29 is 5.11 Å². The second kappa shape index (κ2) is 4.82. The molecule has 0 aliphatic carbocycles. The lowest BCUT2D eigenvalue weighted by Gasteiger charge is -2.09. The Hall–Kier alpha value is -1.81. The van der Waals surface area contributed by atoms with Crippen LogP contribution in [0.5, 0.6) is 5.75 Å². The highest BCUT2D eigenvalue weighted by Crippen LogP contribution is 2.14. The van der Waals surface area contributed by atoms with Crippen LogP contribution in [0.4, 0.5) is 0 Å². The lowest BCUT2D eigenvalue weighted by molar-refractivity contribution is 0.475. The van der Waals surface area contributed by atoms with Crippen LogP contribution in [0, 0.1) is 0 Å². The Morgan fingerprint density at radius 1 is 1.17 bits per heavy atom. The van der Waals surface area contributed by atoms with Gasteiger partial charge in [-0.3, -0.25) is 0 Å². The fraction of sp³-hybridized carbons (Fsp3) is 0.357. The molecule has 4 heteroatoms. The van der Waals surface area contributed by atoms with E-state index in [0.29, 0.717) is 5.75 Å². The third-order valence-corrected chi connectivity index (χ3v) is 3.34. The second-order valence-corrected chi connectivity index (χ2v) is 4.70. The molecule has 2 aromatic rings. The van der Waals surface area contributed by atoms with Gasteiger partial charge in [-0.05, 0) is 24.1 Å². The molecule has 0 atom stereocenters. The summed E-state index contributed by atoms with van der Waals surface area (Å²) in [7, 11) is 0. The molecule has 0 saturated carbocycles. The number of imidazole rings is 1. The van der Waals surface area contributed by atoms with Crippen LogP contribution in [-0.4, -0.2) is 21.6 Å². The molecule has 0 unspecified atom stereocenters. The van der Waals surface area contributed by atoms with E-state index in [0.717, 1.165) is 38.2 Å². The SMILES string of the molecule is Oc1ccc(CCc2nc3c([nH]2)CNCC3)cc1. The van der Waals surface area contributed by atoms with Crippen LogP contribution in [-0.2, 0) is 25.8 Å². The van der Waals surface area contributed by atoms with E-state index < -0.39 is 0 Å². The van der Waals surface area contributed by atoms with E-state index in [-0.39, 0.29) is 0 Å². The number of phenolic OH excluding ortho intramolecular Hbond substituents is 1. The zero-order valence-electron chi connectivity index (χ0n) is 10.2. The van der Waals surface area contributed by atoms with Crippen LogP contribution in [0.1, 0.15) is 22.8 Å². The van der Waals surface area contributed by atoms with Gasteiger partial charge < -0.3 is 15.4 Å². The Labute approximate surface area is 106 Å². The lowest BCUT2D eigenvalue weighted by atomic mass is 10.1. The molecule has 4 nitrogen and oxygen atoms in total. The van der Waals surface area contributed by atoms with Gasteiger partial charge in [0.05, 0.1) is 11.4 Å². The van der Waals surface area contributed by atoms with Crippen LogP contribution >= 0.6 is 0 Å². The number of nitrogens with one attached hydrogen (secondary N) is 2. The van der Waals surface area contributed by atoms with Crippen molar-refractivity contribution in [2.45, 2.75) is 25.8 Å². The summed E-state index contributed by atoms with van der Waals surface area (Å²) in [4.78, 5) is 8.03. The summed E-state index contributed by atoms with van der Waals surface area (Å²) in [6.07, 6.45) is 2.88. The molecule has 0 amide bonds. The number of fused-ring (bicyclic) bond motifs is 1. The highest BCUT2D eigenvalue weighted by Gasteiger charge is 2.13. The first-order valence-corrected chi connectivity index (χ1v) is 6.36. The number of aromatic hydroxyl groups is 1. The summed E-state index contributed by atoms with van der Waals surface area (Å²) in [5.74, 6) is 1.38. The van der Waals surface area contributed by atoms with E-state index in [9.17, 15) is 5.11 Å². The van der Waals surface area contributed by atoms with E-state index in [1.165, 1.54) is 17.0 Å². The smallest absolute Gasteiger partial charge is 0.115 e. The minimum absolute atomic E-state index is 0.318. The number of hydrogen-bond acceptors (Lipinski definition) is 3. The standard InChI is InChI=1S/C14H17N3O/c18-11-4-1-10(2-5-11)3-6-14-16-12-7-8-15-9-13(12)17-14/h1-2,4-5,15,18H,3,6-9H2,(H,16,17). The summed E-state index contributed by atoms with van der Waals surface area (Å²) in [6, 6.07) is 7.37. The number of benzene rings is 1. The van der Waals surface area contributed by atoms with Gasteiger partial charge >= 0.3 is 0 Å². The number of H-pyrrole nitrogens is 1. The molecular weight excluding hydrogens is 226 g/mol. The maximum Gasteiger partial charge on any atom is 0.115 e. The van der Waals surface area contributed by atoms with Crippen molar-refractivity contribution in [2.24, 2.45) is 0 Å². The monoisotopic (exact) mass is 243 g/mol. The van der Waals surface area contributed by atoms with Crippen molar-refractivity contribution in [1.82, 2.24) is 15.3 Å². The minimum atomic E-state index is 0.318. The average molecular weight is 243 g/mol. The van der Waals surface area contributed by atoms with Crippen molar-refractivity contribution in [3.63, 3.8) is 0 Å². The Balaban J connectivity index is 1.66. The molecule has 1 aliphatic heterocycles. The number of aromatic nitrogens is 2. The molecule has 18 heavy (non-hydrogen) atoms. The van der Waals surface area contributed by atoms with E-state index in [1.54, 1.807) is 12.1 Å². The Kier molecular flexibility index (Phi) is 3.02. The third kappa shape index (κ3) is 2.38. The number of rotatable bonds is 3. The molecule has 0 fully saturated rings. The van der Waals surface area contributed by atoms with Crippen molar-refractivity contribution in [2.75, 3.05) is 6.54 Å². The summed E-state index contributed by atoms with van der Waals surface area (Å²) < 4.78 is 0.